The second-order valence-corrected chi connectivity index (χ2v) is 9.80. The van der Waals surface area contributed by atoms with Gasteiger partial charge in [0.25, 0.3) is 5.91 Å². The van der Waals surface area contributed by atoms with E-state index >= 15 is 0 Å². The molecule has 22 heavy (non-hydrogen) atoms. The molecule has 3 aliphatic heterocycles. The van der Waals surface area contributed by atoms with Gasteiger partial charge in [-0.25, -0.2) is 9.34 Å². The van der Waals surface area contributed by atoms with Crippen LogP contribution in [-0.4, -0.2) is 64.7 Å². The lowest BCUT2D eigenvalue weighted by Crippen LogP contribution is -2.47. The van der Waals surface area contributed by atoms with Crippen molar-refractivity contribution in [3.8, 4) is 0 Å². The van der Waals surface area contributed by atoms with Gasteiger partial charge < -0.3 is 4.52 Å². The molecule has 0 unspecified atom stereocenters. The van der Waals surface area contributed by atoms with Gasteiger partial charge in [0.15, 0.2) is 0 Å². The smallest absolute Gasteiger partial charge is 0.277 e. The van der Waals surface area contributed by atoms with Crippen molar-refractivity contribution in [2.75, 3.05) is 33.3 Å². The maximum absolute atomic E-state index is 12.8. The molecule has 2 saturated heterocycles. The van der Waals surface area contributed by atoms with Crippen LogP contribution in [0.25, 0.3) is 0 Å². The van der Waals surface area contributed by atoms with Crippen LogP contribution in [0.1, 0.15) is 27.7 Å². The minimum absolute atomic E-state index is 0.314. The van der Waals surface area contributed by atoms with Gasteiger partial charge in [-0.3, -0.25) is 4.79 Å². The zero-order valence-corrected chi connectivity index (χ0v) is 14.8. The van der Waals surface area contributed by atoms with Gasteiger partial charge in [0.1, 0.15) is 0 Å². The van der Waals surface area contributed by atoms with Crippen LogP contribution < -0.4 is 0 Å². The Balaban J connectivity index is 1.99. The maximum Gasteiger partial charge on any atom is 0.277 e. The predicted octanol–water partition coefficient (Wildman–Crippen LogP) is 1.88. The van der Waals surface area contributed by atoms with Crippen LogP contribution in [0.5, 0.6) is 0 Å². The number of nitrogens with zero attached hydrogens (tertiary/aromatic N) is 4. The molecule has 0 aromatic heterocycles. The largest absolute Gasteiger partial charge is 0.324 e. The lowest BCUT2D eigenvalue weighted by molar-refractivity contribution is -0.238. The van der Waals surface area contributed by atoms with Crippen molar-refractivity contribution in [1.82, 2.24) is 14.4 Å². The molecule has 123 valence electrons. The van der Waals surface area contributed by atoms with Crippen LogP contribution in [0.3, 0.4) is 0 Å². The van der Waals surface area contributed by atoms with E-state index in [2.05, 4.69) is 14.1 Å². The van der Waals surface area contributed by atoms with E-state index in [1.54, 1.807) is 27.0 Å². The summed E-state index contributed by atoms with van der Waals surface area (Å²) >= 11 is 0. The van der Waals surface area contributed by atoms with Crippen LogP contribution in [0.15, 0.2) is 16.4 Å². The molecule has 8 heteroatoms. The molecule has 0 atom stereocenters. The average Bonchev–Trinajstić information content (AvgIpc) is 3.30. The van der Waals surface area contributed by atoms with Crippen molar-refractivity contribution in [2.24, 2.45) is 4.74 Å². The Morgan fingerprint density at radius 1 is 1.18 bits per heavy atom. The highest BCUT2D eigenvalue weighted by Crippen LogP contribution is 2.63. The number of hydrogen-bond donors (Lipinski definition) is 0. The molecule has 1 radical (unpaired) electrons. The summed E-state index contributed by atoms with van der Waals surface area (Å²) in [5.41, 5.74) is -1.10. The topological polar surface area (TPSA) is 67.8 Å². The molecule has 7 nitrogen and oxygen atoms in total. The third kappa shape index (κ3) is 2.40. The van der Waals surface area contributed by atoms with E-state index in [1.165, 1.54) is 0 Å². The fourth-order valence-corrected chi connectivity index (χ4v) is 5.82. The molecule has 1 amide bonds. The van der Waals surface area contributed by atoms with E-state index in [0.717, 1.165) is 31.2 Å². The Labute approximate surface area is 131 Å². The first kappa shape index (κ1) is 16.3. The molecular formula is C14H24N4O3P. The van der Waals surface area contributed by atoms with E-state index in [0.29, 0.717) is 5.57 Å². The number of carbonyl (C=O) groups is 1. The number of carbonyl (C=O) groups excluding carboxylic acids is 1. The van der Waals surface area contributed by atoms with Gasteiger partial charge in [0, 0.05) is 38.9 Å². The monoisotopic (exact) mass is 327 g/mol. The molecule has 0 saturated carbocycles. The summed E-state index contributed by atoms with van der Waals surface area (Å²) in [5, 5.41) is 13.4. The van der Waals surface area contributed by atoms with Crippen molar-refractivity contribution >= 4 is 13.5 Å². The van der Waals surface area contributed by atoms with Crippen LogP contribution in [0.2, 0.25) is 0 Å². The summed E-state index contributed by atoms with van der Waals surface area (Å²) in [5.74, 6) is -0.314. The quantitative estimate of drug-likeness (QED) is 0.582. The van der Waals surface area contributed by atoms with Crippen LogP contribution in [0, 0.1) is 0 Å². The minimum atomic E-state index is -2.34. The van der Waals surface area contributed by atoms with Crippen molar-refractivity contribution in [3.63, 3.8) is 0 Å². The van der Waals surface area contributed by atoms with Crippen LogP contribution in [0.4, 0.5) is 0 Å². The highest BCUT2D eigenvalue weighted by Gasteiger charge is 2.51. The Hall–Kier alpha value is -0.560. The standard InChI is InChI=1S/C14H24N4O3P/c1-13(2)10-11(14(3,4)18(13)20)12(19)15-22(21-5,16-6-7-16)17-8-9-17/h10H,6-9H2,1-5H3. The Morgan fingerprint density at radius 3 is 2.00 bits per heavy atom. The van der Waals surface area contributed by atoms with Crippen LogP contribution >= 0.6 is 7.58 Å². The molecule has 0 aliphatic carbocycles. The molecule has 0 aromatic carbocycles. The summed E-state index contributed by atoms with van der Waals surface area (Å²) < 4.78 is 14.5. The molecule has 0 N–H and O–H groups in total. The normalized spacial score (nSPS) is 27.6. The number of hydroxylamine groups is 2. The Bertz CT molecular complexity index is 575. The van der Waals surface area contributed by atoms with Gasteiger partial charge >= 0.3 is 0 Å². The molecule has 2 fully saturated rings. The zero-order chi connectivity index (χ0) is 16.3. The molecule has 0 aromatic rings. The highest BCUT2D eigenvalue weighted by atomic mass is 31.2. The SMILES string of the molecule is COP(=NC(=O)C1=CC(C)(C)N([O])C1(C)C)(N1CC1)N1CC1. The van der Waals surface area contributed by atoms with Crippen molar-refractivity contribution in [2.45, 2.75) is 38.8 Å². The van der Waals surface area contributed by atoms with Crippen molar-refractivity contribution < 1.29 is 14.5 Å². The first-order valence-electron chi connectivity index (χ1n) is 7.59. The molecule has 3 aliphatic rings. The summed E-state index contributed by atoms with van der Waals surface area (Å²) in [4.78, 5) is 12.8. The second kappa shape index (κ2) is 4.97. The number of hydrogen-bond acceptors (Lipinski definition) is 3. The summed E-state index contributed by atoms with van der Waals surface area (Å²) in [6, 6.07) is 0. The van der Waals surface area contributed by atoms with E-state index in [-0.39, 0.29) is 5.91 Å². The third-order valence-corrected chi connectivity index (χ3v) is 7.67. The van der Waals surface area contributed by atoms with Gasteiger partial charge in [-0.15, -0.1) is 10.3 Å². The molecular weight excluding hydrogens is 303 g/mol. The first-order valence-corrected chi connectivity index (χ1v) is 9.16. The fraction of sp³-hybridized carbons (Fsp3) is 0.786. The lowest BCUT2D eigenvalue weighted by atomic mass is 9.96. The van der Waals surface area contributed by atoms with Crippen LogP contribution in [-0.2, 0) is 14.5 Å². The maximum atomic E-state index is 12.8. The first-order chi connectivity index (χ1) is 10.1. The van der Waals surface area contributed by atoms with E-state index < -0.39 is 18.7 Å². The van der Waals surface area contributed by atoms with Gasteiger partial charge in [-0.1, -0.05) is 6.08 Å². The van der Waals surface area contributed by atoms with E-state index in [4.69, 9.17) is 4.52 Å². The summed E-state index contributed by atoms with van der Waals surface area (Å²) in [6.07, 6.45) is 1.75. The molecule has 3 heterocycles. The second-order valence-electron chi connectivity index (χ2n) is 7.07. The summed E-state index contributed by atoms with van der Waals surface area (Å²) in [7, 11) is -0.720. The zero-order valence-electron chi connectivity index (χ0n) is 13.9. The Kier molecular flexibility index (Phi) is 3.68. The average molecular weight is 327 g/mol. The molecule has 0 bridgehead atoms. The molecule has 0 spiro atoms. The van der Waals surface area contributed by atoms with Gasteiger partial charge in [-0.2, -0.15) is 4.74 Å². The third-order valence-electron chi connectivity index (χ3n) is 4.47. The minimum Gasteiger partial charge on any atom is -0.324 e. The lowest BCUT2D eigenvalue weighted by Gasteiger charge is -2.33. The highest BCUT2D eigenvalue weighted by molar-refractivity contribution is 7.57. The van der Waals surface area contributed by atoms with E-state index in [9.17, 15) is 10.0 Å². The fourth-order valence-electron chi connectivity index (χ4n) is 3.10. The van der Waals surface area contributed by atoms with E-state index in [1.807, 2.05) is 13.8 Å². The number of amides is 1. The van der Waals surface area contributed by atoms with Crippen molar-refractivity contribution in [1.29, 1.82) is 0 Å². The van der Waals surface area contributed by atoms with Gasteiger partial charge in [-0.05, 0) is 27.7 Å². The Morgan fingerprint density at radius 2 is 1.68 bits per heavy atom. The van der Waals surface area contributed by atoms with Gasteiger partial charge in [0.05, 0.1) is 11.1 Å². The summed E-state index contributed by atoms with van der Waals surface area (Å²) in [6.45, 7) is 10.8. The number of rotatable bonds is 4. The van der Waals surface area contributed by atoms with Crippen molar-refractivity contribution in [3.05, 3.63) is 11.6 Å². The molecule has 3 rings (SSSR count). The predicted molar refractivity (Wildman–Crippen MR) is 83.3 cm³/mol. The van der Waals surface area contributed by atoms with Gasteiger partial charge in [0.2, 0.25) is 7.58 Å².